The van der Waals surface area contributed by atoms with Crippen LogP contribution in [0.1, 0.15) is 36.2 Å². The number of imidazole rings is 1. The lowest BCUT2D eigenvalue weighted by Gasteiger charge is -2.23. The first-order valence-corrected chi connectivity index (χ1v) is 12.0. The Morgan fingerprint density at radius 2 is 1.86 bits per heavy atom. The average molecular weight is 473 g/mol. The molecule has 35 heavy (non-hydrogen) atoms. The van der Waals surface area contributed by atoms with Gasteiger partial charge in [-0.1, -0.05) is 18.2 Å². The van der Waals surface area contributed by atoms with E-state index in [-0.39, 0.29) is 11.4 Å². The van der Waals surface area contributed by atoms with Crippen LogP contribution in [0.2, 0.25) is 0 Å². The highest BCUT2D eigenvalue weighted by atomic mass is 19.1. The van der Waals surface area contributed by atoms with Gasteiger partial charge in [0.15, 0.2) is 5.65 Å². The van der Waals surface area contributed by atoms with Crippen molar-refractivity contribution in [3.05, 3.63) is 77.2 Å². The lowest BCUT2D eigenvalue weighted by atomic mass is 9.94. The normalized spacial score (nSPS) is 14.3. The fourth-order valence-electron chi connectivity index (χ4n) is 4.69. The summed E-state index contributed by atoms with van der Waals surface area (Å²) >= 11 is 0. The van der Waals surface area contributed by atoms with Gasteiger partial charge in [0.05, 0.1) is 23.4 Å². The molecule has 0 unspecified atom stereocenters. The molecule has 0 radical (unpaired) electrons. The van der Waals surface area contributed by atoms with Crippen LogP contribution in [-0.4, -0.2) is 32.6 Å². The van der Waals surface area contributed by atoms with Crippen molar-refractivity contribution in [3.8, 4) is 17.5 Å². The van der Waals surface area contributed by atoms with Crippen molar-refractivity contribution in [2.45, 2.75) is 38.6 Å². The first-order valence-electron chi connectivity index (χ1n) is 12.0. The number of rotatable bonds is 7. The van der Waals surface area contributed by atoms with E-state index in [0.29, 0.717) is 59.2 Å². The van der Waals surface area contributed by atoms with E-state index in [9.17, 15) is 8.78 Å². The van der Waals surface area contributed by atoms with Crippen molar-refractivity contribution in [3.63, 3.8) is 0 Å². The van der Waals surface area contributed by atoms with Gasteiger partial charge in [-0.3, -0.25) is 0 Å². The quantitative estimate of drug-likeness (QED) is 0.417. The van der Waals surface area contributed by atoms with E-state index in [1.165, 1.54) is 12.1 Å². The van der Waals surface area contributed by atoms with Crippen LogP contribution in [0, 0.1) is 28.9 Å². The van der Waals surface area contributed by atoms with Gasteiger partial charge in [0.2, 0.25) is 0 Å². The molecule has 8 heteroatoms. The molecule has 0 spiro atoms. The van der Waals surface area contributed by atoms with E-state index in [1.807, 2.05) is 16.7 Å². The highest BCUT2D eigenvalue weighted by Gasteiger charge is 2.20. The van der Waals surface area contributed by atoms with Crippen LogP contribution in [0.3, 0.4) is 0 Å². The van der Waals surface area contributed by atoms with Crippen molar-refractivity contribution in [1.82, 2.24) is 24.8 Å². The molecular formula is C27H26F2N6. The molecule has 0 amide bonds. The molecule has 1 aliphatic heterocycles. The van der Waals surface area contributed by atoms with Gasteiger partial charge in [-0.25, -0.2) is 23.7 Å². The number of aromatic nitrogens is 4. The fraction of sp³-hybridized carbons (Fsp3) is 0.333. The maximum Gasteiger partial charge on any atom is 0.164 e. The smallest absolute Gasteiger partial charge is 0.164 e. The second-order valence-electron chi connectivity index (χ2n) is 8.96. The first kappa shape index (κ1) is 23.1. The van der Waals surface area contributed by atoms with Crippen LogP contribution >= 0.6 is 0 Å². The van der Waals surface area contributed by atoms with Crippen LogP contribution in [0.25, 0.3) is 22.6 Å². The number of aryl methyl sites for hydroxylation is 3. The van der Waals surface area contributed by atoms with Crippen molar-refractivity contribution in [1.29, 1.82) is 5.26 Å². The molecule has 0 saturated carbocycles. The molecule has 3 heterocycles. The number of benzene rings is 2. The zero-order valence-electron chi connectivity index (χ0n) is 19.3. The number of hydrogen-bond donors (Lipinski definition) is 1. The SMILES string of the molecule is N#Cc1ccc(-c2nc3cnc(CCc4ccccc4F)nc3n2CCC2CCNCC2)c(F)c1. The molecule has 2 aromatic carbocycles. The Labute approximate surface area is 202 Å². The Bertz CT molecular complexity index is 1380. The predicted molar refractivity (Wildman–Crippen MR) is 129 cm³/mol. The van der Waals surface area contributed by atoms with Gasteiger partial charge in [0.1, 0.15) is 28.8 Å². The molecule has 5 rings (SSSR count). The minimum atomic E-state index is -0.491. The number of nitrogens with one attached hydrogen (secondary N) is 1. The maximum absolute atomic E-state index is 15.0. The zero-order chi connectivity index (χ0) is 24.2. The van der Waals surface area contributed by atoms with E-state index in [1.54, 1.807) is 30.5 Å². The third kappa shape index (κ3) is 5.05. The second kappa shape index (κ2) is 10.3. The number of nitrogens with zero attached hydrogens (tertiary/aromatic N) is 5. The molecule has 0 bridgehead atoms. The summed E-state index contributed by atoms with van der Waals surface area (Å²) in [4.78, 5) is 13.9. The van der Waals surface area contributed by atoms with Gasteiger partial charge >= 0.3 is 0 Å². The van der Waals surface area contributed by atoms with Gasteiger partial charge < -0.3 is 9.88 Å². The number of nitriles is 1. The van der Waals surface area contributed by atoms with E-state index in [2.05, 4.69) is 15.3 Å². The summed E-state index contributed by atoms with van der Waals surface area (Å²) in [6, 6.07) is 13.1. The average Bonchev–Trinajstić information content (AvgIpc) is 3.25. The Kier molecular flexibility index (Phi) is 6.77. The Balaban J connectivity index is 1.50. The Morgan fingerprint density at radius 3 is 2.63 bits per heavy atom. The van der Waals surface area contributed by atoms with Gasteiger partial charge in [-0.05, 0) is 74.5 Å². The monoisotopic (exact) mass is 472 g/mol. The molecule has 178 valence electrons. The zero-order valence-corrected chi connectivity index (χ0v) is 19.3. The molecule has 6 nitrogen and oxygen atoms in total. The van der Waals surface area contributed by atoms with Gasteiger partial charge in [0, 0.05) is 13.0 Å². The van der Waals surface area contributed by atoms with Crippen molar-refractivity contribution < 1.29 is 8.78 Å². The van der Waals surface area contributed by atoms with E-state index in [4.69, 9.17) is 10.2 Å². The third-order valence-electron chi connectivity index (χ3n) is 6.67. The molecular weight excluding hydrogens is 446 g/mol. The first-order chi connectivity index (χ1) is 17.1. The van der Waals surface area contributed by atoms with E-state index < -0.39 is 5.82 Å². The highest BCUT2D eigenvalue weighted by molar-refractivity contribution is 5.77. The summed E-state index contributed by atoms with van der Waals surface area (Å²) < 4.78 is 31.0. The minimum absolute atomic E-state index is 0.237. The Hall–Kier alpha value is -3.70. The number of halogens is 2. The predicted octanol–water partition coefficient (Wildman–Crippen LogP) is 4.82. The minimum Gasteiger partial charge on any atom is -0.317 e. The van der Waals surface area contributed by atoms with Gasteiger partial charge in [-0.15, -0.1) is 0 Å². The number of hydrogen-bond acceptors (Lipinski definition) is 5. The Morgan fingerprint density at radius 1 is 1.03 bits per heavy atom. The van der Waals surface area contributed by atoms with Crippen molar-refractivity contribution in [2.24, 2.45) is 5.92 Å². The molecule has 4 aromatic rings. The topological polar surface area (TPSA) is 79.4 Å². The number of fused-ring (bicyclic) bond motifs is 1. The summed E-state index contributed by atoms with van der Waals surface area (Å²) in [5.74, 6) is 0.927. The van der Waals surface area contributed by atoms with E-state index in [0.717, 1.165) is 32.4 Å². The largest absolute Gasteiger partial charge is 0.317 e. The lowest BCUT2D eigenvalue weighted by Crippen LogP contribution is -2.28. The molecule has 1 aliphatic rings. The second-order valence-corrected chi connectivity index (χ2v) is 8.96. The molecule has 1 N–H and O–H groups in total. The summed E-state index contributed by atoms with van der Waals surface area (Å²) in [5, 5.41) is 12.5. The van der Waals surface area contributed by atoms with Crippen LogP contribution in [0.15, 0.2) is 48.7 Å². The molecule has 0 aliphatic carbocycles. The fourth-order valence-corrected chi connectivity index (χ4v) is 4.69. The maximum atomic E-state index is 15.0. The van der Waals surface area contributed by atoms with E-state index >= 15 is 0 Å². The standard InChI is InChI=1S/C27H26F2N6/c28-22-4-2-1-3-20(22)6-8-25-32-17-24-27(34-25)35(14-11-18-9-12-31-13-10-18)26(33-24)21-7-5-19(16-30)15-23(21)29/h1-5,7,15,17-18,31H,6,8-14H2. The van der Waals surface area contributed by atoms with Crippen LogP contribution in [-0.2, 0) is 19.4 Å². The van der Waals surface area contributed by atoms with Crippen LogP contribution in [0.5, 0.6) is 0 Å². The molecule has 1 saturated heterocycles. The molecule has 1 fully saturated rings. The lowest BCUT2D eigenvalue weighted by molar-refractivity contribution is 0.339. The van der Waals surface area contributed by atoms with Crippen LogP contribution in [0.4, 0.5) is 8.78 Å². The summed E-state index contributed by atoms with van der Waals surface area (Å²) in [7, 11) is 0. The summed E-state index contributed by atoms with van der Waals surface area (Å²) in [6.07, 6.45) is 5.78. The molecule has 2 aromatic heterocycles. The van der Waals surface area contributed by atoms with Crippen molar-refractivity contribution >= 4 is 11.2 Å². The summed E-state index contributed by atoms with van der Waals surface area (Å²) in [5.41, 5.74) is 2.45. The van der Waals surface area contributed by atoms with Gasteiger partial charge in [0.25, 0.3) is 0 Å². The molecule has 0 atom stereocenters. The summed E-state index contributed by atoms with van der Waals surface area (Å²) in [6.45, 7) is 2.67. The number of piperidine rings is 1. The highest BCUT2D eigenvalue weighted by Crippen LogP contribution is 2.28. The van der Waals surface area contributed by atoms with Crippen molar-refractivity contribution in [2.75, 3.05) is 13.1 Å². The van der Waals surface area contributed by atoms with Crippen LogP contribution < -0.4 is 5.32 Å². The van der Waals surface area contributed by atoms with Gasteiger partial charge in [-0.2, -0.15) is 5.26 Å². The third-order valence-corrected chi connectivity index (χ3v) is 6.67.